The smallest absolute Gasteiger partial charge is 0.338 e. The zero-order valence-electron chi connectivity index (χ0n) is 27.9. The fourth-order valence-corrected chi connectivity index (χ4v) is 8.10. The summed E-state index contributed by atoms with van der Waals surface area (Å²) in [5.41, 5.74) is 2.93. The molecular formula is C40H33BrN2O6S. The maximum atomic E-state index is 14.4. The van der Waals surface area contributed by atoms with E-state index >= 15 is 0 Å². The number of carbonyl (C=O) groups excluding carboxylic acids is 1. The molecule has 7 rings (SSSR count). The van der Waals surface area contributed by atoms with Gasteiger partial charge in [-0.15, -0.1) is 0 Å². The van der Waals surface area contributed by atoms with Crippen LogP contribution >= 0.6 is 27.3 Å². The van der Waals surface area contributed by atoms with Crippen LogP contribution in [0, 0.1) is 0 Å². The summed E-state index contributed by atoms with van der Waals surface area (Å²) < 4.78 is 26.1. The molecule has 0 bridgehead atoms. The van der Waals surface area contributed by atoms with Crippen LogP contribution in [0.1, 0.15) is 36.6 Å². The number of thiazole rings is 1. The molecule has 1 aliphatic heterocycles. The van der Waals surface area contributed by atoms with Gasteiger partial charge in [-0.05, 0) is 86.7 Å². The fraction of sp³-hybridized carbons (Fsp3) is 0.175. The van der Waals surface area contributed by atoms with Crippen molar-refractivity contribution in [2.45, 2.75) is 26.5 Å². The topological polar surface area (TPSA) is 88.4 Å². The van der Waals surface area contributed by atoms with Gasteiger partial charge in [0.25, 0.3) is 5.56 Å². The van der Waals surface area contributed by atoms with Crippen LogP contribution in [0.4, 0.5) is 0 Å². The predicted octanol–water partition coefficient (Wildman–Crippen LogP) is 7.46. The molecule has 2 heterocycles. The van der Waals surface area contributed by atoms with Gasteiger partial charge in [0, 0.05) is 5.56 Å². The molecule has 0 saturated carbocycles. The van der Waals surface area contributed by atoms with Gasteiger partial charge in [0.1, 0.15) is 18.4 Å². The van der Waals surface area contributed by atoms with E-state index in [2.05, 4.69) is 34.1 Å². The largest absolute Gasteiger partial charge is 0.496 e. The van der Waals surface area contributed by atoms with Crippen LogP contribution < -0.4 is 29.1 Å². The number of methoxy groups -OCH3 is 2. The maximum Gasteiger partial charge on any atom is 0.338 e. The molecule has 0 radical (unpaired) electrons. The average molecular weight is 750 g/mol. The first-order valence-corrected chi connectivity index (χ1v) is 17.7. The van der Waals surface area contributed by atoms with Gasteiger partial charge in [0.15, 0.2) is 16.3 Å². The SMILES string of the molecule is CCOC(=O)C1=C(C)N=c2s/c(=C\c3cc(Br)c(OCc4cccc5ccccc45)c(OC)c3)c(=O)n2[C@@H]1c1c(OC)ccc2ccccc12. The number of benzene rings is 5. The molecule has 10 heteroatoms. The molecule has 50 heavy (non-hydrogen) atoms. The highest BCUT2D eigenvalue weighted by atomic mass is 79.9. The van der Waals surface area contributed by atoms with Gasteiger partial charge in [0.05, 0.1) is 41.1 Å². The van der Waals surface area contributed by atoms with Crippen molar-refractivity contribution >= 4 is 60.9 Å². The van der Waals surface area contributed by atoms with Crippen LogP contribution in [0.3, 0.4) is 0 Å². The Morgan fingerprint density at radius 3 is 2.36 bits per heavy atom. The number of carbonyl (C=O) groups is 1. The first-order valence-electron chi connectivity index (χ1n) is 16.0. The number of fused-ring (bicyclic) bond motifs is 3. The second kappa shape index (κ2) is 14.0. The number of nitrogens with zero attached hydrogens (tertiary/aromatic N) is 2. The summed E-state index contributed by atoms with van der Waals surface area (Å²) in [7, 11) is 3.17. The maximum absolute atomic E-state index is 14.4. The number of aromatic nitrogens is 1. The molecule has 0 spiro atoms. The second-order valence-corrected chi connectivity index (χ2v) is 13.5. The molecule has 1 atom stereocenters. The third-order valence-electron chi connectivity index (χ3n) is 8.74. The van der Waals surface area contributed by atoms with Crippen molar-refractivity contribution in [1.82, 2.24) is 4.57 Å². The van der Waals surface area contributed by atoms with Gasteiger partial charge in [-0.25, -0.2) is 9.79 Å². The molecule has 5 aromatic carbocycles. The molecular weight excluding hydrogens is 716 g/mol. The number of rotatable bonds is 9. The summed E-state index contributed by atoms with van der Waals surface area (Å²) >= 11 is 4.93. The van der Waals surface area contributed by atoms with Gasteiger partial charge in [-0.3, -0.25) is 9.36 Å². The lowest BCUT2D eigenvalue weighted by atomic mass is 9.90. The Kier molecular flexibility index (Phi) is 9.31. The Labute approximate surface area is 300 Å². The van der Waals surface area contributed by atoms with Crippen LogP contribution in [0.5, 0.6) is 17.2 Å². The number of halogens is 1. The van der Waals surface area contributed by atoms with Crippen molar-refractivity contribution in [3.05, 3.63) is 143 Å². The van der Waals surface area contributed by atoms with E-state index in [-0.39, 0.29) is 17.7 Å². The molecule has 8 nitrogen and oxygen atoms in total. The van der Waals surface area contributed by atoms with E-state index in [9.17, 15) is 9.59 Å². The minimum atomic E-state index is -0.834. The Morgan fingerprint density at radius 2 is 1.62 bits per heavy atom. The van der Waals surface area contributed by atoms with Crippen molar-refractivity contribution in [3.8, 4) is 17.2 Å². The summed E-state index contributed by atoms with van der Waals surface area (Å²) in [4.78, 5) is 33.2. The van der Waals surface area contributed by atoms with Crippen LogP contribution in [0.15, 0.2) is 117 Å². The lowest BCUT2D eigenvalue weighted by Crippen LogP contribution is -2.40. The summed E-state index contributed by atoms with van der Waals surface area (Å²) in [6, 6.07) is 28.9. The predicted molar refractivity (Wildman–Crippen MR) is 200 cm³/mol. The van der Waals surface area contributed by atoms with Crippen molar-refractivity contribution in [3.63, 3.8) is 0 Å². The van der Waals surface area contributed by atoms with Gasteiger partial charge in [-0.2, -0.15) is 0 Å². The van der Waals surface area contributed by atoms with E-state index < -0.39 is 12.0 Å². The van der Waals surface area contributed by atoms with E-state index in [1.54, 1.807) is 38.7 Å². The first-order chi connectivity index (χ1) is 24.3. The molecule has 0 unspecified atom stereocenters. The third-order valence-corrected chi connectivity index (χ3v) is 10.3. The Morgan fingerprint density at radius 1 is 0.920 bits per heavy atom. The van der Waals surface area contributed by atoms with Crippen LogP contribution in [0.2, 0.25) is 0 Å². The summed E-state index contributed by atoms with van der Waals surface area (Å²) in [6.45, 7) is 4.04. The van der Waals surface area contributed by atoms with Crippen LogP contribution in [-0.2, 0) is 16.1 Å². The molecule has 0 fully saturated rings. The monoisotopic (exact) mass is 748 g/mol. The third kappa shape index (κ3) is 5.99. The molecule has 0 saturated heterocycles. The minimum Gasteiger partial charge on any atom is -0.496 e. The summed E-state index contributed by atoms with van der Waals surface area (Å²) in [6.07, 6.45) is 1.80. The van der Waals surface area contributed by atoms with Crippen molar-refractivity contribution in [2.24, 2.45) is 4.99 Å². The highest BCUT2D eigenvalue weighted by molar-refractivity contribution is 9.10. The normalized spacial score (nSPS) is 14.4. The standard InChI is InChI=1S/C40H33BrN2O6S/c1-5-48-39(45)34-23(2)42-40-43(36(34)35-29-16-9-7-12-26(29)17-18-31(35)46-3)38(44)33(50-40)21-24-19-30(41)37(32(20-24)47-4)49-22-27-14-10-13-25-11-6-8-15-28(25)27/h6-21,36H,5,22H2,1-4H3/b33-21-/t36-/m0/s1. The van der Waals surface area contributed by atoms with Crippen molar-refractivity contribution in [1.29, 1.82) is 0 Å². The number of hydrogen-bond donors (Lipinski definition) is 0. The fourth-order valence-electron chi connectivity index (χ4n) is 6.48. The van der Waals surface area contributed by atoms with E-state index in [1.807, 2.05) is 72.8 Å². The highest BCUT2D eigenvalue weighted by Crippen LogP contribution is 2.41. The van der Waals surface area contributed by atoms with Gasteiger partial charge in [-0.1, -0.05) is 84.1 Å². The molecule has 0 amide bonds. The van der Waals surface area contributed by atoms with E-state index in [0.29, 0.717) is 48.9 Å². The van der Waals surface area contributed by atoms with E-state index in [1.165, 1.54) is 11.3 Å². The van der Waals surface area contributed by atoms with Crippen LogP contribution in [0.25, 0.3) is 27.6 Å². The van der Waals surface area contributed by atoms with Gasteiger partial charge >= 0.3 is 5.97 Å². The minimum absolute atomic E-state index is 0.178. The lowest BCUT2D eigenvalue weighted by molar-refractivity contribution is -0.139. The molecule has 252 valence electrons. The van der Waals surface area contributed by atoms with Gasteiger partial charge < -0.3 is 18.9 Å². The molecule has 1 aliphatic rings. The number of ether oxygens (including phenoxy) is 4. The Bertz CT molecular complexity index is 2510. The number of allylic oxidation sites excluding steroid dienone is 1. The Hall–Kier alpha value is -5.19. The summed E-state index contributed by atoms with van der Waals surface area (Å²) in [5, 5.41) is 4.07. The number of esters is 1. The molecule has 0 aliphatic carbocycles. The van der Waals surface area contributed by atoms with E-state index in [4.69, 9.17) is 23.9 Å². The van der Waals surface area contributed by atoms with Crippen LogP contribution in [-0.4, -0.2) is 31.4 Å². The van der Waals surface area contributed by atoms with Gasteiger partial charge in [0.2, 0.25) is 0 Å². The number of hydrogen-bond acceptors (Lipinski definition) is 8. The van der Waals surface area contributed by atoms with Crippen molar-refractivity contribution in [2.75, 3.05) is 20.8 Å². The zero-order valence-corrected chi connectivity index (χ0v) is 30.3. The molecule has 0 N–H and O–H groups in total. The zero-order chi connectivity index (χ0) is 34.9. The van der Waals surface area contributed by atoms with Crippen molar-refractivity contribution < 1.29 is 23.7 Å². The first kappa shape index (κ1) is 33.3. The average Bonchev–Trinajstić information content (AvgIpc) is 3.43. The second-order valence-electron chi connectivity index (χ2n) is 11.7. The van der Waals surface area contributed by atoms with E-state index in [0.717, 1.165) is 32.7 Å². The Balaban J connectivity index is 1.34. The molecule has 6 aromatic rings. The summed E-state index contributed by atoms with van der Waals surface area (Å²) in [5.74, 6) is 1.08. The molecule has 1 aromatic heterocycles. The highest BCUT2D eigenvalue weighted by Gasteiger charge is 2.36. The lowest BCUT2D eigenvalue weighted by Gasteiger charge is -2.27. The quantitative estimate of drug-likeness (QED) is 0.143.